The van der Waals surface area contributed by atoms with E-state index >= 15 is 0 Å². The molecule has 4 heteroatoms. The first-order valence-electron chi connectivity index (χ1n) is 5.16. The molecule has 1 aromatic rings. The average molecular weight is 220 g/mol. The van der Waals surface area contributed by atoms with Crippen molar-refractivity contribution in [3.63, 3.8) is 0 Å². The fourth-order valence-corrected chi connectivity index (χ4v) is 1.70. The molecule has 1 fully saturated rings. The van der Waals surface area contributed by atoms with E-state index in [1.807, 2.05) is 0 Å². The first-order valence-corrected chi connectivity index (χ1v) is 5.16. The normalized spacial score (nSPS) is 20.4. The van der Waals surface area contributed by atoms with Crippen LogP contribution in [0.25, 0.3) is 0 Å². The summed E-state index contributed by atoms with van der Waals surface area (Å²) in [6, 6.07) is 6.36. The first-order chi connectivity index (χ1) is 7.66. The van der Waals surface area contributed by atoms with Gasteiger partial charge < -0.3 is 10.6 Å². The Morgan fingerprint density at radius 2 is 2.19 bits per heavy atom. The lowest BCUT2D eigenvalue weighted by Gasteiger charge is -2.26. The van der Waals surface area contributed by atoms with Gasteiger partial charge in [-0.25, -0.2) is 4.39 Å². The van der Waals surface area contributed by atoms with E-state index in [1.165, 1.54) is 6.07 Å². The largest absolute Gasteiger partial charge is 0.374 e. The van der Waals surface area contributed by atoms with E-state index in [1.54, 1.807) is 18.2 Å². The summed E-state index contributed by atoms with van der Waals surface area (Å²) in [7, 11) is 0. The second-order valence-electron chi connectivity index (χ2n) is 3.79. The minimum atomic E-state index is -0.299. The number of rotatable bonds is 2. The van der Waals surface area contributed by atoms with Crippen molar-refractivity contribution in [2.24, 2.45) is 0 Å². The van der Waals surface area contributed by atoms with Gasteiger partial charge in [-0.3, -0.25) is 4.79 Å². The fourth-order valence-electron chi connectivity index (χ4n) is 1.70. The van der Waals surface area contributed by atoms with Crippen LogP contribution in [0.15, 0.2) is 36.5 Å². The molecule has 0 spiro atoms. The summed E-state index contributed by atoms with van der Waals surface area (Å²) in [6.45, 7) is 3.75. The van der Waals surface area contributed by atoms with Crippen molar-refractivity contribution in [2.75, 3.05) is 5.32 Å². The number of halogens is 1. The third kappa shape index (κ3) is 2.21. The predicted molar refractivity (Wildman–Crippen MR) is 60.3 cm³/mol. The Hall–Kier alpha value is -1.84. The Balaban J connectivity index is 2.08. The third-order valence-electron chi connectivity index (χ3n) is 2.58. The molecule has 1 atom stereocenters. The highest BCUT2D eigenvalue weighted by molar-refractivity contribution is 5.79. The Bertz CT molecular complexity index is 431. The van der Waals surface area contributed by atoms with E-state index < -0.39 is 0 Å². The molecule has 0 radical (unpaired) electrons. The second-order valence-corrected chi connectivity index (χ2v) is 3.79. The summed E-state index contributed by atoms with van der Waals surface area (Å²) < 4.78 is 13.4. The van der Waals surface area contributed by atoms with Gasteiger partial charge in [0.1, 0.15) is 5.82 Å². The number of hydrogen-bond acceptors (Lipinski definition) is 2. The quantitative estimate of drug-likeness (QED) is 0.800. The van der Waals surface area contributed by atoms with E-state index in [0.717, 1.165) is 0 Å². The zero-order valence-corrected chi connectivity index (χ0v) is 8.79. The highest BCUT2D eigenvalue weighted by Gasteiger charge is 2.22. The molecule has 1 heterocycles. The van der Waals surface area contributed by atoms with Crippen molar-refractivity contribution in [3.05, 3.63) is 42.4 Å². The van der Waals surface area contributed by atoms with Crippen LogP contribution in [0.1, 0.15) is 12.8 Å². The molecule has 3 nitrogen and oxygen atoms in total. The topological polar surface area (TPSA) is 41.1 Å². The number of para-hydroxylation sites is 1. The summed E-state index contributed by atoms with van der Waals surface area (Å²) in [4.78, 5) is 11.1. The predicted octanol–water partition coefficient (Wildman–Crippen LogP) is 2.03. The van der Waals surface area contributed by atoms with Crippen LogP contribution in [0, 0.1) is 5.82 Å². The van der Waals surface area contributed by atoms with Crippen LogP contribution in [0.2, 0.25) is 0 Å². The summed E-state index contributed by atoms with van der Waals surface area (Å²) >= 11 is 0. The lowest BCUT2D eigenvalue weighted by atomic mass is 10.0. The number of benzene rings is 1. The fraction of sp³-hybridized carbons (Fsp3) is 0.250. The van der Waals surface area contributed by atoms with Gasteiger partial charge >= 0.3 is 0 Å². The van der Waals surface area contributed by atoms with Crippen LogP contribution in [0.5, 0.6) is 0 Å². The smallest absolute Gasteiger partial charge is 0.224 e. The SMILES string of the molecule is C=C1NC(=O)CCC1Nc1ccccc1F. The molecule has 0 saturated carbocycles. The summed E-state index contributed by atoms with van der Waals surface area (Å²) in [6.07, 6.45) is 1.07. The molecule has 84 valence electrons. The number of piperidine rings is 1. The number of amides is 1. The van der Waals surface area contributed by atoms with Crippen molar-refractivity contribution >= 4 is 11.6 Å². The number of anilines is 1. The molecule has 1 aliphatic rings. The molecular formula is C12H13FN2O. The van der Waals surface area contributed by atoms with Crippen molar-refractivity contribution in [3.8, 4) is 0 Å². The van der Waals surface area contributed by atoms with Gasteiger partial charge in [0.2, 0.25) is 5.91 Å². The number of carbonyl (C=O) groups excluding carboxylic acids is 1. The van der Waals surface area contributed by atoms with E-state index in [-0.39, 0.29) is 17.8 Å². The number of hydrogen-bond donors (Lipinski definition) is 2. The molecule has 0 aliphatic carbocycles. The Labute approximate surface area is 93.4 Å². The van der Waals surface area contributed by atoms with Crippen LogP contribution >= 0.6 is 0 Å². The molecule has 1 unspecified atom stereocenters. The van der Waals surface area contributed by atoms with Gasteiger partial charge in [-0.15, -0.1) is 0 Å². The van der Waals surface area contributed by atoms with Gasteiger partial charge in [0.05, 0.1) is 11.7 Å². The van der Waals surface area contributed by atoms with Crippen molar-refractivity contribution in [1.29, 1.82) is 0 Å². The van der Waals surface area contributed by atoms with Gasteiger partial charge in [0.25, 0.3) is 0 Å². The van der Waals surface area contributed by atoms with E-state index in [4.69, 9.17) is 0 Å². The molecule has 1 saturated heterocycles. The molecule has 1 aliphatic heterocycles. The summed E-state index contributed by atoms with van der Waals surface area (Å²) in [5.74, 6) is -0.330. The maximum atomic E-state index is 13.4. The van der Waals surface area contributed by atoms with Crippen molar-refractivity contribution < 1.29 is 9.18 Å². The van der Waals surface area contributed by atoms with Gasteiger partial charge in [-0.05, 0) is 18.6 Å². The molecule has 0 bridgehead atoms. The number of nitrogens with one attached hydrogen (secondary N) is 2. The van der Waals surface area contributed by atoms with E-state index in [9.17, 15) is 9.18 Å². The minimum Gasteiger partial charge on any atom is -0.374 e. The van der Waals surface area contributed by atoms with Crippen LogP contribution in [0.3, 0.4) is 0 Å². The standard InChI is InChI=1S/C12H13FN2O/c1-8-10(6-7-12(16)14-8)15-11-5-3-2-4-9(11)13/h2-5,10,15H,1,6-7H2,(H,14,16). The lowest BCUT2D eigenvalue weighted by molar-refractivity contribution is -0.121. The zero-order chi connectivity index (χ0) is 11.5. The second kappa shape index (κ2) is 4.35. The Morgan fingerprint density at radius 1 is 1.44 bits per heavy atom. The molecule has 0 aromatic heterocycles. The lowest BCUT2D eigenvalue weighted by Crippen LogP contribution is -2.39. The highest BCUT2D eigenvalue weighted by Crippen LogP contribution is 2.19. The van der Waals surface area contributed by atoms with Gasteiger partial charge in [-0.1, -0.05) is 18.7 Å². The first kappa shape index (κ1) is 10.7. The van der Waals surface area contributed by atoms with Crippen molar-refractivity contribution in [2.45, 2.75) is 18.9 Å². The Morgan fingerprint density at radius 3 is 2.88 bits per heavy atom. The maximum absolute atomic E-state index is 13.4. The van der Waals surface area contributed by atoms with E-state index in [0.29, 0.717) is 24.2 Å². The number of carbonyl (C=O) groups is 1. The monoisotopic (exact) mass is 220 g/mol. The van der Waals surface area contributed by atoms with E-state index in [2.05, 4.69) is 17.2 Å². The van der Waals surface area contributed by atoms with Crippen molar-refractivity contribution in [1.82, 2.24) is 5.32 Å². The average Bonchev–Trinajstić information content (AvgIpc) is 2.25. The Kier molecular flexibility index (Phi) is 2.90. The highest BCUT2D eigenvalue weighted by atomic mass is 19.1. The molecule has 2 N–H and O–H groups in total. The molecule has 1 amide bonds. The minimum absolute atomic E-state index is 0.0309. The summed E-state index contributed by atoms with van der Waals surface area (Å²) in [5, 5.41) is 5.68. The molecule has 1 aromatic carbocycles. The van der Waals surface area contributed by atoms with Gasteiger partial charge in [-0.2, -0.15) is 0 Å². The van der Waals surface area contributed by atoms with Gasteiger partial charge in [0.15, 0.2) is 0 Å². The molecule has 16 heavy (non-hydrogen) atoms. The molecule has 2 rings (SSSR count). The van der Waals surface area contributed by atoms with Crippen LogP contribution in [-0.2, 0) is 4.79 Å². The zero-order valence-electron chi connectivity index (χ0n) is 8.79. The van der Waals surface area contributed by atoms with Crippen LogP contribution in [-0.4, -0.2) is 11.9 Å². The third-order valence-corrected chi connectivity index (χ3v) is 2.58. The maximum Gasteiger partial charge on any atom is 0.224 e. The van der Waals surface area contributed by atoms with Crippen LogP contribution < -0.4 is 10.6 Å². The summed E-state index contributed by atoms with van der Waals surface area (Å²) in [5.41, 5.74) is 1.03. The van der Waals surface area contributed by atoms with Crippen LogP contribution in [0.4, 0.5) is 10.1 Å². The molecular weight excluding hydrogens is 207 g/mol. The van der Waals surface area contributed by atoms with Gasteiger partial charge in [0, 0.05) is 12.1 Å².